The van der Waals surface area contributed by atoms with Crippen LogP contribution in [0.3, 0.4) is 0 Å². The highest BCUT2D eigenvalue weighted by Crippen LogP contribution is 2.32. The van der Waals surface area contributed by atoms with Crippen LogP contribution in [0.15, 0.2) is 71.0 Å². The summed E-state index contributed by atoms with van der Waals surface area (Å²) >= 11 is 0. The highest BCUT2D eigenvalue weighted by atomic mass is 16.6. The zero-order valence-electron chi connectivity index (χ0n) is 15.5. The second-order valence-electron chi connectivity index (χ2n) is 7.53. The van der Waals surface area contributed by atoms with Crippen LogP contribution in [0.2, 0.25) is 0 Å². The summed E-state index contributed by atoms with van der Waals surface area (Å²) in [6.45, 7) is 5.43. The predicted molar refractivity (Wildman–Crippen MR) is 105 cm³/mol. The lowest BCUT2D eigenvalue weighted by atomic mass is 9.75. The molecule has 2 aromatic rings. The summed E-state index contributed by atoms with van der Waals surface area (Å²) in [5.41, 5.74) is 4.40. The van der Waals surface area contributed by atoms with E-state index in [1.165, 1.54) is 0 Å². The van der Waals surface area contributed by atoms with E-state index >= 15 is 0 Å². The van der Waals surface area contributed by atoms with Crippen molar-refractivity contribution in [2.45, 2.75) is 46.3 Å². The number of rotatable bonds is 6. The van der Waals surface area contributed by atoms with E-state index in [9.17, 15) is 0 Å². The fraction of sp³-hybridized carbons (Fsp3) is 0.364. The van der Waals surface area contributed by atoms with Crippen LogP contribution < -0.4 is 0 Å². The number of hydrogen-bond acceptors (Lipinski definition) is 4. The number of nitrogens with zero attached hydrogens (tertiary/aromatic N) is 2. The summed E-state index contributed by atoms with van der Waals surface area (Å²) in [5.74, 6) is 0. The first kappa shape index (κ1) is 18.2. The number of oxime groups is 2. The van der Waals surface area contributed by atoms with E-state index in [0.29, 0.717) is 19.6 Å². The van der Waals surface area contributed by atoms with Gasteiger partial charge < -0.3 is 9.68 Å². The topological polar surface area (TPSA) is 43.2 Å². The Balaban J connectivity index is 1.57. The van der Waals surface area contributed by atoms with E-state index in [0.717, 1.165) is 35.4 Å². The number of hydrogen-bond donors (Lipinski definition) is 0. The van der Waals surface area contributed by atoms with Crippen molar-refractivity contribution in [1.82, 2.24) is 0 Å². The van der Waals surface area contributed by atoms with Crippen molar-refractivity contribution >= 4 is 11.4 Å². The fourth-order valence-electron chi connectivity index (χ4n) is 3.20. The maximum atomic E-state index is 5.57. The minimum absolute atomic E-state index is 0.113. The van der Waals surface area contributed by atoms with Gasteiger partial charge in [-0.05, 0) is 29.4 Å². The minimum atomic E-state index is 0.113. The van der Waals surface area contributed by atoms with Crippen LogP contribution >= 0.6 is 0 Å². The summed E-state index contributed by atoms with van der Waals surface area (Å²) in [7, 11) is 0. The highest BCUT2D eigenvalue weighted by molar-refractivity contribution is 6.06. The standard InChI is InChI=1S/C22H26N2O2/c1-22(2)14-20(23-25-16-18-9-5-3-6-10-18)13-21(15-22)24-26-17-19-11-7-4-8-12-19/h3-12H,13-17H2,1-2H3/b23-20-,24-21+. The molecule has 0 aromatic heterocycles. The molecular formula is C22H26N2O2. The number of benzene rings is 2. The van der Waals surface area contributed by atoms with Crippen molar-refractivity contribution in [1.29, 1.82) is 0 Å². The van der Waals surface area contributed by atoms with Crippen LogP contribution in [0.4, 0.5) is 0 Å². The van der Waals surface area contributed by atoms with Crippen molar-refractivity contribution in [3.8, 4) is 0 Å². The van der Waals surface area contributed by atoms with Gasteiger partial charge in [-0.3, -0.25) is 0 Å². The molecule has 0 aliphatic heterocycles. The molecule has 136 valence electrons. The molecule has 0 saturated heterocycles. The summed E-state index contributed by atoms with van der Waals surface area (Å²) in [6.07, 6.45) is 2.55. The highest BCUT2D eigenvalue weighted by Gasteiger charge is 2.30. The third kappa shape index (κ3) is 5.73. The van der Waals surface area contributed by atoms with Crippen molar-refractivity contribution in [3.05, 3.63) is 71.8 Å². The average Bonchev–Trinajstić information content (AvgIpc) is 2.62. The molecule has 2 aromatic carbocycles. The van der Waals surface area contributed by atoms with Crippen LogP contribution in [-0.4, -0.2) is 11.4 Å². The van der Waals surface area contributed by atoms with Crippen molar-refractivity contribution in [2.24, 2.45) is 15.7 Å². The Morgan fingerprint density at radius 2 is 1.15 bits per heavy atom. The van der Waals surface area contributed by atoms with Gasteiger partial charge in [0.1, 0.15) is 13.2 Å². The van der Waals surface area contributed by atoms with Crippen molar-refractivity contribution in [3.63, 3.8) is 0 Å². The van der Waals surface area contributed by atoms with Crippen LogP contribution in [0, 0.1) is 5.41 Å². The molecule has 0 amide bonds. The smallest absolute Gasteiger partial charge is 0.142 e. The maximum Gasteiger partial charge on any atom is 0.142 e. The predicted octanol–water partition coefficient (Wildman–Crippen LogP) is 5.34. The van der Waals surface area contributed by atoms with Gasteiger partial charge in [0, 0.05) is 6.42 Å². The second kappa shape index (κ2) is 8.65. The molecule has 0 spiro atoms. The Bertz CT molecular complexity index is 689. The minimum Gasteiger partial charge on any atom is -0.391 e. The monoisotopic (exact) mass is 350 g/mol. The lowest BCUT2D eigenvalue weighted by Crippen LogP contribution is -2.29. The van der Waals surface area contributed by atoms with E-state index in [1.807, 2.05) is 60.7 Å². The summed E-state index contributed by atoms with van der Waals surface area (Å²) in [6, 6.07) is 20.2. The summed E-state index contributed by atoms with van der Waals surface area (Å²) in [4.78, 5) is 11.1. The first-order valence-electron chi connectivity index (χ1n) is 9.04. The molecule has 26 heavy (non-hydrogen) atoms. The van der Waals surface area contributed by atoms with Gasteiger partial charge in [-0.15, -0.1) is 0 Å². The molecule has 0 radical (unpaired) electrons. The molecule has 3 rings (SSSR count). The Morgan fingerprint density at radius 1 is 0.731 bits per heavy atom. The van der Waals surface area contributed by atoms with Gasteiger partial charge in [0.05, 0.1) is 11.4 Å². The Labute approximate surface area is 155 Å². The van der Waals surface area contributed by atoms with E-state index in [-0.39, 0.29) is 5.41 Å². The Hall–Kier alpha value is -2.62. The largest absolute Gasteiger partial charge is 0.391 e. The lowest BCUT2D eigenvalue weighted by Gasteiger charge is -2.30. The van der Waals surface area contributed by atoms with Crippen LogP contribution in [0.5, 0.6) is 0 Å². The Kier molecular flexibility index (Phi) is 6.05. The molecule has 1 aliphatic rings. The summed E-state index contributed by atoms with van der Waals surface area (Å²) in [5, 5.41) is 8.74. The lowest BCUT2D eigenvalue weighted by molar-refractivity contribution is 0.124. The van der Waals surface area contributed by atoms with Crippen molar-refractivity contribution in [2.75, 3.05) is 0 Å². The van der Waals surface area contributed by atoms with Crippen LogP contribution in [0.1, 0.15) is 44.2 Å². The molecule has 1 aliphatic carbocycles. The van der Waals surface area contributed by atoms with Gasteiger partial charge in [-0.1, -0.05) is 84.8 Å². The molecule has 0 atom stereocenters. The first-order valence-corrected chi connectivity index (χ1v) is 9.04. The molecular weight excluding hydrogens is 324 g/mol. The van der Waals surface area contributed by atoms with E-state index in [1.54, 1.807) is 0 Å². The molecule has 0 unspecified atom stereocenters. The average molecular weight is 350 g/mol. The SMILES string of the molecule is CC1(C)C/C(=N/OCc2ccccc2)C/C(=N/OCc2ccccc2)C1. The van der Waals surface area contributed by atoms with Gasteiger partial charge in [-0.25, -0.2) is 0 Å². The van der Waals surface area contributed by atoms with Gasteiger partial charge in [0.25, 0.3) is 0 Å². The van der Waals surface area contributed by atoms with Gasteiger partial charge in [0.2, 0.25) is 0 Å². The molecule has 1 fully saturated rings. The third-order valence-electron chi connectivity index (χ3n) is 4.31. The first-order chi connectivity index (χ1) is 12.6. The summed E-state index contributed by atoms with van der Waals surface area (Å²) < 4.78 is 0. The molecule has 4 heteroatoms. The molecule has 0 heterocycles. The van der Waals surface area contributed by atoms with Gasteiger partial charge in [-0.2, -0.15) is 0 Å². The molecule has 4 nitrogen and oxygen atoms in total. The quantitative estimate of drug-likeness (QED) is 0.660. The second-order valence-corrected chi connectivity index (χ2v) is 7.53. The zero-order valence-corrected chi connectivity index (χ0v) is 15.5. The maximum absolute atomic E-state index is 5.57. The van der Waals surface area contributed by atoms with E-state index in [4.69, 9.17) is 9.68 Å². The van der Waals surface area contributed by atoms with Crippen LogP contribution in [-0.2, 0) is 22.9 Å². The van der Waals surface area contributed by atoms with Gasteiger partial charge >= 0.3 is 0 Å². The van der Waals surface area contributed by atoms with E-state index < -0.39 is 0 Å². The van der Waals surface area contributed by atoms with E-state index in [2.05, 4.69) is 24.2 Å². The fourth-order valence-corrected chi connectivity index (χ4v) is 3.20. The molecule has 1 saturated carbocycles. The van der Waals surface area contributed by atoms with Crippen molar-refractivity contribution < 1.29 is 9.68 Å². The normalized spacial score (nSPS) is 19.5. The zero-order chi connectivity index (χ0) is 18.2. The van der Waals surface area contributed by atoms with Crippen LogP contribution in [0.25, 0.3) is 0 Å². The Morgan fingerprint density at radius 3 is 1.58 bits per heavy atom. The molecule has 0 N–H and O–H groups in total. The molecule has 0 bridgehead atoms. The van der Waals surface area contributed by atoms with Gasteiger partial charge in [0.15, 0.2) is 0 Å². The third-order valence-corrected chi connectivity index (χ3v) is 4.31.